The van der Waals surface area contributed by atoms with Crippen LogP contribution in [0.5, 0.6) is 0 Å². The molecule has 3 rings (SSSR count). The van der Waals surface area contributed by atoms with Gasteiger partial charge in [0, 0.05) is 19.4 Å². The Morgan fingerprint density at radius 3 is 2.76 bits per heavy atom. The predicted molar refractivity (Wildman–Crippen MR) is 80.8 cm³/mol. The Bertz CT molecular complexity index is 535. The second-order valence-electron chi connectivity index (χ2n) is 5.92. The van der Waals surface area contributed by atoms with E-state index >= 15 is 0 Å². The SMILES string of the molecule is COCOC1=CC[C@@H](c2ccccc2)[C@@]12CCCCC2=O. The van der Waals surface area contributed by atoms with Crippen LogP contribution in [0, 0.1) is 5.41 Å². The van der Waals surface area contributed by atoms with E-state index in [4.69, 9.17) is 9.47 Å². The zero-order chi connectivity index (χ0) is 14.7. The van der Waals surface area contributed by atoms with Crippen LogP contribution in [-0.4, -0.2) is 19.7 Å². The third-order valence-corrected chi connectivity index (χ3v) is 4.83. The molecule has 0 unspecified atom stereocenters. The molecule has 1 saturated carbocycles. The summed E-state index contributed by atoms with van der Waals surface area (Å²) < 4.78 is 10.8. The number of carbonyl (C=O) groups is 1. The second kappa shape index (κ2) is 6.02. The molecular formula is C18H22O3. The van der Waals surface area contributed by atoms with Gasteiger partial charge in [-0.2, -0.15) is 0 Å². The van der Waals surface area contributed by atoms with Crippen molar-refractivity contribution in [1.29, 1.82) is 0 Å². The van der Waals surface area contributed by atoms with Crippen LogP contribution in [0.15, 0.2) is 42.2 Å². The minimum absolute atomic E-state index is 0.207. The number of carbonyl (C=O) groups excluding carboxylic acids is 1. The van der Waals surface area contributed by atoms with Gasteiger partial charge in [0.1, 0.15) is 11.5 Å². The van der Waals surface area contributed by atoms with Crippen molar-refractivity contribution in [2.45, 2.75) is 38.0 Å². The van der Waals surface area contributed by atoms with Gasteiger partial charge in [-0.05, 0) is 30.9 Å². The van der Waals surface area contributed by atoms with Gasteiger partial charge in [0.25, 0.3) is 0 Å². The Kier molecular flexibility index (Phi) is 4.11. The van der Waals surface area contributed by atoms with E-state index in [1.54, 1.807) is 7.11 Å². The van der Waals surface area contributed by atoms with Gasteiger partial charge in [0.05, 0.1) is 5.41 Å². The predicted octanol–water partition coefficient (Wildman–Crippen LogP) is 3.81. The maximum atomic E-state index is 12.8. The summed E-state index contributed by atoms with van der Waals surface area (Å²) in [4.78, 5) is 12.8. The first kappa shape index (κ1) is 14.3. The molecule has 3 nitrogen and oxygen atoms in total. The largest absolute Gasteiger partial charge is 0.471 e. The maximum absolute atomic E-state index is 12.8. The second-order valence-corrected chi connectivity index (χ2v) is 5.92. The molecule has 3 heteroatoms. The number of allylic oxidation sites excluding steroid dienone is 2. The van der Waals surface area contributed by atoms with Gasteiger partial charge in [0.15, 0.2) is 6.79 Å². The lowest BCUT2D eigenvalue weighted by Crippen LogP contribution is -2.39. The molecule has 0 aliphatic heterocycles. The number of ether oxygens (including phenoxy) is 2. The van der Waals surface area contributed by atoms with Crippen LogP contribution in [-0.2, 0) is 14.3 Å². The van der Waals surface area contributed by atoms with Crippen LogP contribution in [0.2, 0.25) is 0 Å². The number of ketones is 1. The summed E-state index contributed by atoms with van der Waals surface area (Å²) in [5, 5.41) is 0. The minimum atomic E-state index is -0.460. The van der Waals surface area contributed by atoms with Crippen molar-refractivity contribution in [3.05, 3.63) is 47.7 Å². The fourth-order valence-electron chi connectivity index (χ4n) is 3.88. The molecule has 2 atom stereocenters. The zero-order valence-corrected chi connectivity index (χ0v) is 12.5. The zero-order valence-electron chi connectivity index (χ0n) is 12.5. The summed E-state index contributed by atoms with van der Waals surface area (Å²) in [6.45, 7) is 0.211. The van der Waals surface area contributed by atoms with Gasteiger partial charge in [0.2, 0.25) is 0 Å². The topological polar surface area (TPSA) is 35.5 Å². The molecule has 0 N–H and O–H groups in total. The van der Waals surface area contributed by atoms with Crippen LogP contribution < -0.4 is 0 Å². The first-order chi connectivity index (χ1) is 10.3. The van der Waals surface area contributed by atoms with E-state index in [0.29, 0.717) is 12.2 Å². The monoisotopic (exact) mass is 286 g/mol. The molecule has 0 aromatic heterocycles. The van der Waals surface area contributed by atoms with Crippen LogP contribution in [0.25, 0.3) is 0 Å². The van der Waals surface area contributed by atoms with Crippen LogP contribution >= 0.6 is 0 Å². The first-order valence-electron chi connectivity index (χ1n) is 7.69. The van der Waals surface area contributed by atoms with E-state index in [-0.39, 0.29) is 12.7 Å². The van der Waals surface area contributed by atoms with Crippen LogP contribution in [0.4, 0.5) is 0 Å². The Labute approximate surface area is 125 Å². The van der Waals surface area contributed by atoms with E-state index in [2.05, 4.69) is 18.2 Å². The van der Waals surface area contributed by atoms with E-state index in [1.165, 1.54) is 5.56 Å². The van der Waals surface area contributed by atoms with E-state index in [0.717, 1.165) is 31.4 Å². The summed E-state index contributed by atoms with van der Waals surface area (Å²) >= 11 is 0. The van der Waals surface area contributed by atoms with Crippen molar-refractivity contribution in [1.82, 2.24) is 0 Å². The molecule has 0 saturated heterocycles. The van der Waals surface area contributed by atoms with Crippen molar-refractivity contribution >= 4 is 5.78 Å². The Balaban J connectivity index is 1.97. The maximum Gasteiger partial charge on any atom is 0.188 e. The van der Waals surface area contributed by atoms with E-state index < -0.39 is 5.41 Å². The molecule has 21 heavy (non-hydrogen) atoms. The van der Waals surface area contributed by atoms with Crippen molar-refractivity contribution in [3.63, 3.8) is 0 Å². The molecule has 2 aliphatic rings. The standard InChI is InChI=1S/C18H22O3/c1-20-13-21-17-11-10-15(14-7-3-2-4-8-14)18(17)12-6-5-9-16(18)19/h2-4,7-8,11,15H,5-6,9-10,12-13H2,1H3/t15-,18+/m0/s1. The highest BCUT2D eigenvalue weighted by Crippen LogP contribution is 2.56. The molecule has 112 valence electrons. The minimum Gasteiger partial charge on any atom is -0.471 e. The van der Waals surface area contributed by atoms with E-state index in [9.17, 15) is 4.79 Å². The molecule has 0 bridgehead atoms. The number of hydrogen-bond acceptors (Lipinski definition) is 3. The van der Waals surface area contributed by atoms with Gasteiger partial charge in [-0.25, -0.2) is 0 Å². The molecule has 1 aromatic carbocycles. The van der Waals surface area contributed by atoms with Crippen molar-refractivity contribution < 1.29 is 14.3 Å². The van der Waals surface area contributed by atoms with Gasteiger partial charge in [-0.1, -0.05) is 36.8 Å². The highest BCUT2D eigenvalue weighted by atomic mass is 16.7. The molecule has 0 amide bonds. The van der Waals surface area contributed by atoms with Crippen molar-refractivity contribution in [2.75, 3.05) is 13.9 Å². The molecule has 0 heterocycles. The van der Waals surface area contributed by atoms with Crippen LogP contribution in [0.1, 0.15) is 43.6 Å². The lowest BCUT2D eigenvalue weighted by molar-refractivity contribution is -0.133. The summed E-state index contributed by atoms with van der Waals surface area (Å²) in [6.07, 6.45) is 6.61. The number of rotatable bonds is 4. The Morgan fingerprint density at radius 2 is 2.05 bits per heavy atom. The van der Waals surface area contributed by atoms with Gasteiger partial charge >= 0.3 is 0 Å². The summed E-state index contributed by atoms with van der Waals surface area (Å²) in [5.74, 6) is 1.38. The quantitative estimate of drug-likeness (QED) is 0.790. The average molecular weight is 286 g/mol. The Morgan fingerprint density at radius 1 is 1.24 bits per heavy atom. The first-order valence-corrected chi connectivity index (χ1v) is 7.69. The van der Waals surface area contributed by atoms with E-state index in [1.807, 2.05) is 18.2 Å². The lowest BCUT2D eigenvalue weighted by Gasteiger charge is -2.39. The average Bonchev–Trinajstić information content (AvgIpc) is 2.88. The molecule has 1 aromatic rings. The number of hydrogen-bond donors (Lipinski definition) is 0. The Hall–Kier alpha value is -1.61. The highest BCUT2D eigenvalue weighted by molar-refractivity contribution is 5.90. The summed E-state index contributed by atoms with van der Waals surface area (Å²) in [6, 6.07) is 10.4. The molecule has 0 radical (unpaired) electrons. The third kappa shape index (κ3) is 2.40. The van der Waals surface area contributed by atoms with Gasteiger partial charge in [-0.15, -0.1) is 0 Å². The summed E-state index contributed by atoms with van der Waals surface area (Å²) in [5.41, 5.74) is 0.776. The van der Waals surface area contributed by atoms with Crippen molar-refractivity contribution in [3.8, 4) is 0 Å². The van der Waals surface area contributed by atoms with Gasteiger partial charge in [-0.3, -0.25) is 4.79 Å². The fourth-order valence-corrected chi connectivity index (χ4v) is 3.88. The molecule has 1 spiro atoms. The van der Waals surface area contributed by atoms with Gasteiger partial charge < -0.3 is 9.47 Å². The highest BCUT2D eigenvalue weighted by Gasteiger charge is 2.53. The lowest BCUT2D eigenvalue weighted by atomic mass is 9.64. The molecular weight excluding hydrogens is 264 g/mol. The number of Topliss-reactive ketones (excluding diaryl/α,β-unsaturated/α-hetero) is 1. The number of methoxy groups -OCH3 is 1. The fraction of sp³-hybridized carbons (Fsp3) is 0.500. The molecule has 1 fully saturated rings. The normalized spacial score (nSPS) is 28.7. The smallest absolute Gasteiger partial charge is 0.188 e. The molecule has 2 aliphatic carbocycles. The van der Waals surface area contributed by atoms with Crippen molar-refractivity contribution in [2.24, 2.45) is 5.41 Å². The third-order valence-electron chi connectivity index (χ3n) is 4.83. The van der Waals surface area contributed by atoms with Crippen LogP contribution in [0.3, 0.4) is 0 Å². The summed E-state index contributed by atoms with van der Waals surface area (Å²) in [7, 11) is 1.61. The number of benzene rings is 1.